The molecule has 1 fully saturated rings. The van der Waals surface area contributed by atoms with Crippen molar-refractivity contribution in [3.05, 3.63) is 59.2 Å². The zero-order valence-electron chi connectivity index (χ0n) is 17.6. The van der Waals surface area contributed by atoms with Crippen LogP contribution in [0.1, 0.15) is 65.8 Å². The zero-order valence-corrected chi connectivity index (χ0v) is 17.6. The fourth-order valence-corrected chi connectivity index (χ4v) is 4.46. The van der Waals surface area contributed by atoms with Crippen LogP contribution in [0, 0.1) is 5.92 Å². The molecule has 2 aromatic rings. The fourth-order valence-electron chi connectivity index (χ4n) is 4.46. The maximum Gasteiger partial charge on any atom is 0.254 e. The van der Waals surface area contributed by atoms with Gasteiger partial charge in [0.2, 0.25) is 5.91 Å². The number of nitrogens with zero attached hydrogens (tertiary/aromatic N) is 1. The molecule has 2 unspecified atom stereocenters. The lowest BCUT2D eigenvalue weighted by atomic mass is 9.91. The van der Waals surface area contributed by atoms with Crippen LogP contribution in [-0.2, 0) is 4.79 Å². The summed E-state index contributed by atoms with van der Waals surface area (Å²) in [7, 11) is 0. The molecule has 2 amide bonds. The normalized spacial score (nSPS) is 19.9. The van der Waals surface area contributed by atoms with E-state index in [2.05, 4.69) is 12.2 Å². The number of carbonyl (C=O) groups is 3. The predicted molar refractivity (Wildman–Crippen MR) is 116 cm³/mol. The van der Waals surface area contributed by atoms with E-state index in [1.807, 2.05) is 37.3 Å². The number of hydrogen-bond donors (Lipinski definition) is 1. The maximum atomic E-state index is 13.3. The first-order chi connectivity index (χ1) is 14.5. The second-order valence-electron chi connectivity index (χ2n) is 8.36. The minimum Gasteiger partial charge on any atom is -0.356 e. The summed E-state index contributed by atoms with van der Waals surface area (Å²) < 4.78 is 0. The van der Waals surface area contributed by atoms with E-state index < -0.39 is 0 Å². The van der Waals surface area contributed by atoms with E-state index in [1.165, 1.54) is 0 Å². The quantitative estimate of drug-likeness (QED) is 0.652. The molecule has 0 saturated carbocycles. The van der Waals surface area contributed by atoms with Gasteiger partial charge in [0.1, 0.15) is 0 Å². The number of benzene rings is 2. The Morgan fingerprint density at radius 3 is 2.53 bits per heavy atom. The molecule has 5 heteroatoms. The molecule has 4 rings (SSSR count). The minimum atomic E-state index is -0.178. The molecule has 0 spiro atoms. The molecule has 1 aliphatic carbocycles. The molecular formula is C25H28N2O3. The third-order valence-corrected chi connectivity index (χ3v) is 6.32. The van der Waals surface area contributed by atoms with Gasteiger partial charge in [0.25, 0.3) is 5.91 Å². The molecule has 0 aromatic heterocycles. The maximum absolute atomic E-state index is 13.3. The summed E-state index contributed by atoms with van der Waals surface area (Å²) in [5.74, 6) is -0.287. The summed E-state index contributed by atoms with van der Waals surface area (Å²) in [5.41, 5.74) is 3.58. The summed E-state index contributed by atoms with van der Waals surface area (Å²) in [4.78, 5) is 40.4. The van der Waals surface area contributed by atoms with Crippen LogP contribution in [0.2, 0.25) is 0 Å². The Labute approximate surface area is 177 Å². The smallest absolute Gasteiger partial charge is 0.254 e. The van der Waals surface area contributed by atoms with Gasteiger partial charge in [-0.2, -0.15) is 0 Å². The van der Waals surface area contributed by atoms with E-state index in [1.54, 1.807) is 17.0 Å². The lowest BCUT2D eigenvalue weighted by Crippen LogP contribution is -2.49. The summed E-state index contributed by atoms with van der Waals surface area (Å²) in [5, 5.41) is 3.00. The van der Waals surface area contributed by atoms with E-state index in [4.69, 9.17) is 0 Å². The van der Waals surface area contributed by atoms with Crippen LogP contribution < -0.4 is 5.32 Å². The summed E-state index contributed by atoms with van der Waals surface area (Å²) in [6.07, 6.45) is 3.59. The number of hydrogen-bond acceptors (Lipinski definition) is 3. The number of fused-ring (bicyclic) bond motifs is 3. The number of nitrogens with one attached hydrogen (secondary N) is 1. The van der Waals surface area contributed by atoms with Crippen molar-refractivity contribution >= 4 is 17.6 Å². The van der Waals surface area contributed by atoms with Gasteiger partial charge in [-0.05, 0) is 49.4 Å². The van der Waals surface area contributed by atoms with Gasteiger partial charge in [-0.25, -0.2) is 0 Å². The van der Waals surface area contributed by atoms with Crippen LogP contribution in [0.25, 0.3) is 11.1 Å². The molecule has 1 saturated heterocycles. The van der Waals surface area contributed by atoms with E-state index in [0.717, 1.165) is 36.8 Å². The van der Waals surface area contributed by atoms with E-state index in [-0.39, 0.29) is 29.6 Å². The average molecular weight is 405 g/mol. The molecule has 5 nitrogen and oxygen atoms in total. The van der Waals surface area contributed by atoms with Gasteiger partial charge >= 0.3 is 0 Å². The van der Waals surface area contributed by atoms with Crippen molar-refractivity contribution in [3.63, 3.8) is 0 Å². The van der Waals surface area contributed by atoms with Gasteiger partial charge in [0.05, 0.1) is 5.92 Å². The largest absolute Gasteiger partial charge is 0.356 e. The van der Waals surface area contributed by atoms with Crippen molar-refractivity contribution in [2.24, 2.45) is 5.92 Å². The number of carbonyl (C=O) groups excluding carboxylic acids is 3. The highest BCUT2D eigenvalue weighted by Crippen LogP contribution is 2.37. The first-order valence-electron chi connectivity index (χ1n) is 10.9. The summed E-state index contributed by atoms with van der Waals surface area (Å²) >= 11 is 0. The van der Waals surface area contributed by atoms with Crippen molar-refractivity contribution < 1.29 is 14.4 Å². The molecule has 30 heavy (non-hydrogen) atoms. The van der Waals surface area contributed by atoms with Crippen molar-refractivity contribution in [2.45, 2.75) is 45.6 Å². The van der Waals surface area contributed by atoms with Crippen molar-refractivity contribution in [1.82, 2.24) is 10.2 Å². The lowest BCUT2D eigenvalue weighted by Gasteiger charge is -2.37. The van der Waals surface area contributed by atoms with E-state index in [0.29, 0.717) is 29.8 Å². The predicted octanol–water partition coefficient (Wildman–Crippen LogP) is 4.06. The van der Waals surface area contributed by atoms with Gasteiger partial charge in [0, 0.05) is 35.8 Å². The van der Waals surface area contributed by atoms with Crippen LogP contribution in [0.3, 0.4) is 0 Å². The van der Waals surface area contributed by atoms with Gasteiger partial charge < -0.3 is 10.2 Å². The van der Waals surface area contributed by atoms with Crippen molar-refractivity contribution in [3.8, 4) is 11.1 Å². The number of unbranched alkanes of at least 4 members (excludes halogenated alkanes) is 1. The topological polar surface area (TPSA) is 66.5 Å². The monoisotopic (exact) mass is 404 g/mol. The second kappa shape index (κ2) is 8.42. The van der Waals surface area contributed by atoms with Crippen molar-refractivity contribution in [2.75, 3.05) is 13.1 Å². The van der Waals surface area contributed by atoms with Gasteiger partial charge in [-0.1, -0.05) is 43.7 Å². The molecule has 2 aromatic carbocycles. The molecule has 1 heterocycles. The first-order valence-corrected chi connectivity index (χ1v) is 10.9. The molecule has 2 atom stereocenters. The Bertz CT molecular complexity index is 998. The highest BCUT2D eigenvalue weighted by molar-refractivity contribution is 6.22. The third kappa shape index (κ3) is 3.64. The van der Waals surface area contributed by atoms with Crippen molar-refractivity contribution in [1.29, 1.82) is 0 Å². The standard InChI is InChI=1S/C25H28N2O3/c1-3-4-13-26-24(29)18-10-9-16(2)27(15-18)25(30)17-11-12-20-19-7-5-6-8-21(19)23(28)22(20)14-17/h5-8,11-12,14,16,18H,3-4,9-10,13,15H2,1-2H3,(H,26,29). The van der Waals surface area contributed by atoms with Gasteiger partial charge in [-0.3, -0.25) is 14.4 Å². The van der Waals surface area contributed by atoms with Gasteiger partial charge in [-0.15, -0.1) is 0 Å². The Morgan fingerprint density at radius 1 is 1.03 bits per heavy atom. The molecule has 1 aliphatic heterocycles. The van der Waals surface area contributed by atoms with Crippen LogP contribution in [0.4, 0.5) is 0 Å². The molecule has 0 radical (unpaired) electrons. The van der Waals surface area contributed by atoms with Crippen LogP contribution >= 0.6 is 0 Å². The fraction of sp³-hybridized carbons (Fsp3) is 0.400. The highest BCUT2D eigenvalue weighted by atomic mass is 16.2. The van der Waals surface area contributed by atoms with E-state index >= 15 is 0 Å². The Hall–Kier alpha value is -2.95. The average Bonchev–Trinajstić information content (AvgIpc) is 3.05. The third-order valence-electron chi connectivity index (χ3n) is 6.32. The molecule has 1 N–H and O–H groups in total. The Balaban J connectivity index is 1.53. The summed E-state index contributed by atoms with van der Waals surface area (Å²) in [6.45, 7) is 5.22. The second-order valence-corrected chi connectivity index (χ2v) is 8.36. The number of amides is 2. The highest BCUT2D eigenvalue weighted by Gasteiger charge is 2.34. The number of ketones is 1. The number of likely N-dealkylation sites (tertiary alicyclic amines) is 1. The molecule has 156 valence electrons. The van der Waals surface area contributed by atoms with Crippen LogP contribution in [0.5, 0.6) is 0 Å². The minimum absolute atomic E-state index is 0.0323. The Morgan fingerprint density at radius 2 is 1.77 bits per heavy atom. The summed E-state index contributed by atoms with van der Waals surface area (Å²) in [6, 6.07) is 13.0. The first kappa shape index (κ1) is 20.3. The Kier molecular flexibility index (Phi) is 5.71. The number of rotatable bonds is 5. The van der Waals surface area contributed by atoms with Gasteiger partial charge in [0.15, 0.2) is 5.78 Å². The van der Waals surface area contributed by atoms with Crippen LogP contribution in [0.15, 0.2) is 42.5 Å². The molecule has 0 bridgehead atoms. The molecular weight excluding hydrogens is 376 g/mol. The van der Waals surface area contributed by atoms with E-state index in [9.17, 15) is 14.4 Å². The van der Waals surface area contributed by atoms with Crippen LogP contribution in [-0.4, -0.2) is 41.6 Å². The SMILES string of the molecule is CCCCNC(=O)C1CCC(C)N(C(=O)c2ccc3c(c2)C(=O)c2ccccc2-3)C1. The number of piperidine rings is 1. The zero-order chi connectivity index (χ0) is 21.3. The lowest BCUT2D eigenvalue weighted by molar-refractivity contribution is -0.126. The molecule has 2 aliphatic rings.